The van der Waals surface area contributed by atoms with Crippen molar-refractivity contribution in [2.75, 3.05) is 13.6 Å². The highest BCUT2D eigenvalue weighted by Crippen LogP contribution is 2.40. The third-order valence-electron chi connectivity index (χ3n) is 3.00. The first kappa shape index (κ1) is 8.76. The molecule has 1 heteroatoms. The molecule has 1 aromatic carbocycles. The largest absolute Gasteiger partial charge is 0.319 e. The van der Waals surface area contributed by atoms with Crippen LogP contribution < -0.4 is 5.32 Å². The van der Waals surface area contributed by atoms with Crippen LogP contribution in [0.4, 0.5) is 0 Å². The van der Waals surface area contributed by atoms with Gasteiger partial charge in [0.05, 0.1) is 0 Å². The van der Waals surface area contributed by atoms with Gasteiger partial charge in [0.2, 0.25) is 0 Å². The van der Waals surface area contributed by atoms with Crippen LogP contribution in [0.1, 0.15) is 24.3 Å². The van der Waals surface area contributed by atoms with E-state index >= 15 is 0 Å². The van der Waals surface area contributed by atoms with E-state index in [1.54, 1.807) is 0 Å². The van der Waals surface area contributed by atoms with Gasteiger partial charge in [-0.2, -0.15) is 0 Å². The van der Waals surface area contributed by atoms with Crippen molar-refractivity contribution in [3.8, 4) is 0 Å². The van der Waals surface area contributed by atoms with Crippen LogP contribution in [0.25, 0.3) is 0 Å². The van der Waals surface area contributed by atoms with Crippen molar-refractivity contribution < 1.29 is 0 Å². The molecule has 0 aromatic heterocycles. The van der Waals surface area contributed by atoms with Gasteiger partial charge in [0.25, 0.3) is 0 Å². The Labute approximate surface area is 80.2 Å². The van der Waals surface area contributed by atoms with E-state index in [4.69, 9.17) is 0 Å². The smallest absolute Gasteiger partial charge is 0.00231 e. The summed E-state index contributed by atoms with van der Waals surface area (Å²) in [6.07, 6.45) is 2.73. The molecule has 1 aliphatic carbocycles. The summed E-state index contributed by atoms with van der Waals surface area (Å²) in [5.41, 5.74) is 1.52. The molecule has 0 atom stereocenters. The lowest BCUT2D eigenvalue weighted by atomic mass is 9.71. The van der Waals surface area contributed by atoms with Crippen LogP contribution in [-0.4, -0.2) is 13.6 Å². The molecule has 0 heterocycles. The van der Waals surface area contributed by atoms with Crippen molar-refractivity contribution in [3.63, 3.8) is 0 Å². The predicted molar refractivity (Wildman–Crippen MR) is 55.8 cm³/mol. The number of nitrogens with one attached hydrogen (secondary N) is 1. The van der Waals surface area contributed by atoms with Crippen molar-refractivity contribution in [1.29, 1.82) is 0 Å². The molecule has 0 unspecified atom stereocenters. The van der Waals surface area contributed by atoms with Crippen molar-refractivity contribution in [1.82, 2.24) is 5.32 Å². The van der Waals surface area contributed by atoms with Crippen LogP contribution in [0, 0.1) is 5.92 Å². The summed E-state index contributed by atoms with van der Waals surface area (Å²) < 4.78 is 0. The normalized spacial score (nSPS) is 26.8. The highest BCUT2D eigenvalue weighted by molar-refractivity contribution is 5.21. The summed E-state index contributed by atoms with van der Waals surface area (Å²) in [5.74, 6) is 1.75. The van der Waals surface area contributed by atoms with Gasteiger partial charge in [0, 0.05) is 0 Å². The SMILES string of the molecule is CNCC1CC(c2ccccc2)C1. The van der Waals surface area contributed by atoms with Gasteiger partial charge in [0.15, 0.2) is 0 Å². The molecule has 1 nitrogen and oxygen atoms in total. The molecule has 0 radical (unpaired) electrons. The first-order valence-electron chi connectivity index (χ1n) is 5.09. The molecular formula is C12H17N. The number of hydrogen-bond acceptors (Lipinski definition) is 1. The van der Waals surface area contributed by atoms with Crippen LogP contribution in [0.5, 0.6) is 0 Å². The number of hydrogen-bond donors (Lipinski definition) is 1. The molecule has 13 heavy (non-hydrogen) atoms. The topological polar surface area (TPSA) is 12.0 Å². The zero-order valence-corrected chi connectivity index (χ0v) is 8.16. The Morgan fingerprint density at radius 1 is 1.23 bits per heavy atom. The Morgan fingerprint density at radius 2 is 1.92 bits per heavy atom. The molecule has 1 saturated carbocycles. The summed E-state index contributed by atoms with van der Waals surface area (Å²) in [5, 5.41) is 3.24. The maximum atomic E-state index is 3.24. The van der Waals surface area contributed by atoms with Crippen molar-refractivity contribution in [3.05, 3.63) is 35.9 Å². The molecule has 0 saturated heterocycles. The summed E-state index contributed by atoms with van der Waals surface area (Å²) in [6, 6.07) is 10.9. The molecule has 1 aromatic rings. The second-order valence-corrected chi connectivity index (χ2v) is 4.00. The van der Waals surface area contributed by atoms with E-state index in [1.807, 2.05) is 7.05 Å². The van der Waals surface area contributed by atoms with Crippen LogP contribution in [-0.2, 0) is 0 Å². The average Bonchev–Trinajstić information content (AvgIpc) is 2.12. The lowest BCUT2D eigenvalue weighted by Gasteiger charge is -2.35. The van der Waals surface area contributed by atoms with Gasteiger partial charge in [0.1, 0.15) is 0 Å². The number of benzene rings is 1. The standard InChI is InChI=1S/C12H17N/c1-13-9-10-7-12(8-10)11-5-3-2-4-6-11/h2-6,10,12-13H,7-9H2,1H3. The fourth-order valence-corrected chi connectivity index (χ4v) is 2.19. The Morgan fingerprint density at radius 3 is 2.54 bits per heavy atom. The van der Waals surface area contributed by atoms with Crippen LogP contribution in [0.3, 0.4) is 0 Å². The quantitative estimate of drug-likeness (QED) is 0.744. The maximum Gasteiger partial charge on any atom is -0.00231 e. The minimum Gasteiger partial charge on any atom is -0.319 e. The van der Waals surface area contributed by atoms with E-state index in [9.17, 15) is 0 Å². The summed E-state index contributed by atoms with van der Waals surface area (Å²) in [6.45, 7) is 1.18. The third-order valence-corrected chi connectivity index (χ3v) is 3.00. The lowest BCUT2D eigenvalue weighted by Crippen LogP contribution is -2.30. The first-order chi connectivity index (χ1) is 6.40. The molecule has 70 valence electrons. The van der Waals surface area contributed by atoms with Gasteiger partial charge >= 0.3 is 0 Å². The number of rotatable bonds is 3. The van der Waals surface area contributed by atoms with Crippen LogP contribution in [0.2, 0.25) is 0 Å². The summed E-state index contributed by atoms with van der Waals surface area (Å²) in [4.78, 5) is 0. The van der Waals surface area contributed by atoms with Gasteiger partial charge in [-0.15, -0.1) is 0 Å². The Kier molecular flexibility index (Phi) is 2.65. The van der Waals surface area contributed by atoms with Crippen molar-refractivity contribution >= 4 is 0 Å². The van der Waals surface area contributed by atoms with Gasteiger partial charge in [-0.1, -0.05) is 30.3 Å². The summed E-state index contributed by atoms with van der Waals surface area (Å²) in [7, 11) is 2.04. The molecule has 1 fully saturated rings. The minimum atomic E-state index is 0.833. The van der Waals surface area contributed by atoms with E-state index in [0.29, 0.717) is 0 Å². The Bertz CT molecular complexity index is 249. The molecule has 0 bridgehead atoms. The van der Waals surface area contributed by atoms with Crippen molar-refractivity contribution in [2.24, 2.45) is 5.92 Å². The molecule has 1 N–H and O–H groups in total. The predicted octanol–water partition coefficient (Wildman–Crippen LogP) is 2.40. The molecule has 0 aliphatic heterocycles. The molecule has 0 spiro atoms. The van der Waals surface area contributed by atoms with Gasteiger partial charge < -0.3 is 5.32 Å². The third kappa shape index (κ3) is 1.92. The maximum absolute atomic E-state index is 3.24. The van der Waals surface area contributed by atoms with E-state index < -0.39 is 0 Å². The Hall–Kier alpha value is -0.820. The Balaban J connectivity index is 1.87. The molecule has 2 rings (SSSR count). The fourth-order valence-electron chi connectivity index (χ4n) is 2.19. The highest BCUT2D eigenvalue weighted by atomic mass is 14.8. The highest BCUT2D eigenvalue weighted by Gasteiger charge is 2.29. The zero-order valence-electron chi connectivity index (χ0n) is 8.16. The van der Waals surface area contributed by atoms with E-state index in [2.05, 4.69) is 35.6 Å². The molecule has 1 aliphatic rings. The molecular weight excluding hydrogens is 158 g/mol. The van der Waals surface area contributed by atoms with Crippen molar-refractivity contribution in [2.45, 2.75) is 18.8 Å². The molecule has 0 amide bonds. The lowest BCUT2D eigenvalue weighted by molar-refractivity contribution is 0.259. The fraction of sp³-hybridized carbons (Fsp3) is 0.500. The van der Waals surface area contributed by atoms with Gasteiger partial charge in [-0.05, 0) is 43.8 Å². The minimum absolute atomic E-state index is 0.833. The zero-order chi connectivity index (χ0) is 9.10. The average molecular weight is 175 g/mol. The van der Waals surface area contributed by atoms with Crippen LogP contribution >= 0.6 is 0 Å². The second-order valence-electron chi connectivity index (χ2n) is 4.00. The van der Waals surface area contributed by atoms with E-state index in [1.165, 1.54) is 24.9 Å². The second kappa shape index (κ2) is 3.93. The first-order valence-corrected chi connectivity index (χ1v) is 5.09. The summed E-state index contributed by atoms with van der Waals surface area (Å²) >= 11 is 0. The van der Waals surface area contributed by atoms with Crippen LogP contribution in [0.15, 0.2) is 30.3 Å². The van der Waals surface area contributed by atoms with E-state index in [0.717, 1.165) is 11.8 Å². The monoisotopic (exact) mass is 175 g/mol. The van der Waals surface area contributed by atoms with Gasteiger partial charge in [-0.25, -0.2) is 0 Å². The van der Waals surface area contributed by atoms with E-state index in [-0.39, 0.29) is 0 Å². The van der Waals surface area contributed by atoms with Gasteiger partial charge in [-0.3, -0.25) is 0 Å².